The molecule has 0 unspecified atom stereocenters. The Labute approximate surface area is 143 Å². The van der Waals surface area contributed by atoms with Crippen molar-refractivity contribution < 1.29 is 19.5 Å². The second kappa shape index (κ2) is 8.12. The number of carboxylic acid groups (broad SMARTS) is 1. The van der Waals surface area contributed by atoms with Crippen LogP contribution >= 0.6 is 11.6 Å². The predicted octanol–water partition coefficient (Wildman–Crippen LogP) is 3.40. The van der Waals surface area contributed by atoms with Gasteiger partial charge in [-0.25, -0.2) is 0 Å². The van der Waals surface area contributed by atoms with Gasteiger partial charge in [-0.2, -0.15) is 0 Å². The highest BCUT2D eigenvalue weighted by Gasteiger charge is 2.14. The van der Waals surface area contributed by atoms with E-state index >= 15 is 0 Å². The summed E-state index contributed by atoms with van der Waals surface area (Å²) in [6.07, 6.45) is -0.442. The number of aliphatic carboxylic acids is 1. The summed E-state index contributed by atoms with van der Waals surface area (Å²) >= 11 is 5.88. The van der Waals surface area contributed by atoms with E-state index in [2.05, 4.69) is 10.6 Å². The molecule has 2 aromatic rings. The zero-order valence-electron chi connectivity index (χ0n) is 12.6. The highest BCUT2D eigenvalue weighted by molar-refractivity contribution is 6.31. The number of amides is 2. The average Bonchev–Trinajstić information content (AvgIpc) is 2.53. The van der Waals surface area contributed by atoms with Crippen molar-refractivity contribution in [3.8, 4) is 0 Å². The molecule has 0 spiro atoms. The van der Waals surface area contributed by atoms with Gasteiger partial charge < -0.3 is 15.7 Å². The van der Waals surface area contributed by atoms with Crippen LogP contribution in [-0.4, -0.2) is 22.9 Å². The summed E-state index contributed by atoms with van der Waals surface area (Å²) < 4.78 is 0. The maximum absolute atomic E-state index is 12.4. The lowest BCUT2D eigenvalue weighted by Crippen LogP contribution is -2.18. The molecule has 124 valence electrons. The molecule has 2 rings (SSSR count). The van der Waals surface area contributed by atoms with E-state index in [0.29, 0.717) is 16.4 Å². The molecule has 0 atom stereocenters. The smallest absolute Gasteiger partial charge is 0.303 e. The highest BCUT2D eigenvalue weighted by Crippen LogP contribution is 2.19. The first-order valence-corrected chi connectivity index (χ1v) is 7.51. The minimum absolute atomic E-state index is 0.167. The molecule has 0 aliphatic heterocycles. The Morgan fingerprint density at radius 3 is 2.42 bits per heavy atom. The van der Waals surface area contributed by atoms with E-state index in [-0.39, 0.29) is 18.4 Å². The van der Waals surface area contributed by atoms with Gasteiger partial charge in [-0.1, -0.05) is 29.8 Å². The molecule has 2 amide bonds. The largest absolute Gasteiger partial charge is 0.481 e. The number of benzene rings is 2. The standard InChI is InChI=1S/C17H15ClN2O4/c18-11-4-3-5-12(10-11)19-17(24)13-6-1-2-7-14(13)20-15(21)8-9-16(22)23/h1-7,10H,8-9H2,(H,19,24)(H,20,21)(H,22,23). The van der Waals surface area contributed by atoms with Crippen LogP contribution in [-0.2, 0) is 9.59 Å². The van der Waals surface area contributed by atoms with E-state index in [1.165, 1.54) is 0 Å². The summed E-state index contributed by atoms with van der Waals surface area (Å²) in [6.45, 7) is 0. The molecule has 0 bridgehead atoms. The second-order valence-electron chi connectivity index (χ2n) is 4.95. The first kappa shape index (κ1) is 17.5. The minimum Gasteiger partial charge on any atom is -0.481 e. The van der Waals surface area contributed by atoms with E-state index in [4.69, 9.17) is 16.7 Å². The number of rotatable bonds is 6. The fourth-order valence-electron chi connectivity index (χ4n) is 1.99. The van der Waals surface area contributed by atoms with Crippen LogP contribution in [0, 0.1) is 0 Å². The quantitative estimate of drug-likeness (QED) is 0.747. The van der Waals surface area contributed by atoms with Gasteiger partial charge in [0.15, 0.2) is 0 Å². The van der Waals surface area contributed by atoms with Gasteiger partial charge in [0.2, 0.25) is 5.91 Å². The summed E-state index contributed by atoms with van der Waals surface area (Å²) in [5.74, 6) is -1.94. The molecule has 24 heavy (non-hydrogen) atoms. The van der Waals surface area contributed by atoms with E-state index in [1.807, 2.05) is 0 Å². The molecule has 0 saturated heterocycles. The lowest BCUT2D eigenvalue weighted by molar-refractivity contribution is -0.138. The average molecular weight is 347 g/mol. The number of anilines is 2. The zero-order valence-corrected chi connectivity index (χ0v) is 13.3. The van der Waals surface area contributed by atoms with Crippen molar-refractivity contribution in [1.29, 1.82) is 0 Å². The number of carbonyl (C=O) groups excluding carboxylic acids is 2. The third kappa shape index (κ3) is 5.10. The fraction of sp³-hybridized carbons (Fsp3) is 0.118. The molecular formula is C17H15ClN2O4. The van der Waals surface area contributed by atoms with Gasteiger partial charge in [0.25, 0.3) is 5.91 Å². The van der Waals surface area contributed by atoms with Crippen LogP contribution in [0.4, 0.5) is 11.4 Å². The van der Waals surface area contributed by atoms with Crippen LogP contribution in [0.25, 0.3) is 0 Å². The normalized spacial score (nSPS) is 10.0. The van der Waals surface area contributed by atoms with Crippen molar-refractivity contribution in [2.45, 2.75) is 12.8 Å². The van der Waals surface area contributed by atoms with E-state index in [9.17, 15) is 14.4 Å². The molecule has 0 aliphatic rings. The summed E-state index contributed by atoms with van der Waals surface area (Å²) in [5.41, 5.74) is 1.10. The highest BCUT2D eigenvalue weighted by atomic mass is 35.5. The summed E-state index contributed by atoms with van der Waals surface area (Å²) in [6, 6.07) is 13.2. The van der Waals surface area contributed by atoms with Crippen LogP contribution in [0.2, 0.25) is 5.02 Å². The molecular weight excluding hydrogens is 332 g/mol. The second-order valence-corrected chi connectivity index (χ2v) is 5.39. The van der Waals surface area contributed by atoms with Crippen LogP contribution < -0.4 is 10.6 Å². The lowest BCUT2D eigenvalue weighted by atomic mass is 10.1. The maximum Gasteiger partial charge on any atom is 0.303 e. The number of carbonyl (C=O) groups is 3. The summed E-state index contributed by atoms with van der Waals surface area (Å²) in [4.78, 5) is 34.7. The molecule has 0 saturated carbocycles. The Bertz CT molecular complexity index is 777. The number of hydrogen-bond donors (Lipinski definition) is 3. The zero-order chi connectivity index (χ0) is 17.5. The Balaban J connectivity index is 2.11. The molecule has 6 nitrogen and oxygen atoms in total. The number of nitrogens with one attached hydrogen (secondary N) is 2. The van der Waals surface area contributed by atoms with Crippen molar-refractivity contribution in [3.05, 3.63) is 59.1 Å². The molecule has 0 aliphatic carbocycles. The van der Waals surface area contributed by atoms with Crippen molar-refractivity contribution in [2.75, 3.05) is 10.6 Å². The van der Waals surface area contributed by atoms with Gasteiger partial charge >= 0.3 is 5.97 Å². The number of hydrogen-bond acceptors (Lipinski definition) is 3. The van der Waals surface area contributed by atoms with E-state index < -0.39 is 17.8 Å². The Morgan fingerprint density at radius 2 is 1.71 bits per heavy atom. The van der Waals surface area contributed by atoms with Crippen molar-refractivity contribution in [1.82, 2.24) is 0 Å². The predicted molar refractivity (Wildman–Crippen MR) is 91.3 cm³/mol. The van der Waals surface area contributed by atoms with Crippen molar-refractivity contribution >= 4 is 40.8 Å². The molecule has 0 aromatic heterocycles. The summed E-state index contributed by atoms with van der Waals surface area (Å²) in [7, 11) is 0. The van der Waals surface area contributed by atoms with Crippen molar-refractivity contribution in [2.24, 2.45) is 0 Å². The fourth-order valence-corrected chi connectivity index (χ4v) is 2.18. The minimum atomic E-state index is -1.06. The van der Waals surface area contributed by atoms with Crippen LogP contribution in [0.1, 0.15) is 23.2 Å². The molecule has 2 aromatic carbocycles. The third-order valence-electron chi connectivity index (χ3n) is 3.09. The van der Waals surface area contributed by atoms with Gasteiger partial charge in [0, 0.05) is 17.1 Å². The van der Waals surface area contributed by atoms with Crippen molar-refractivity contribution in [3.63, 3.8) is 0 Å². The van der Waals surface area contributed by atoms with E-state index in [0.717, 1.165) is 0 Å². The first-order chi connectivity index (χ1) is 11.5. The maximum atomic E-state index is 12.4. The Morgan fingerprint density at radius 1 is 0.958 bits per heavy atom. The molecule has 0 heterocycles. The molecule has 7 heteroatoms. The lowest BCUT2D eigenvalue weighted by Gasteiger charge is -2.11. The number of para-hydroxylation sites is 1. The van der Waals surface area contributed by atoms with Gasteiger partial charge in [-0.15, -0.1) is 0 Å². The third-order valence-corrected chi connectivity index (χ3v) is 3.33. The van der Waals surface area contributed by atoms with Gasteiger partial charge in [0.05, 0.1) is 17.7 Å². The van der Waals surface area contributed by atoms with Gasteiger partial charge in [-0.05, 0) is 30.3 Å². The Kier molecular flexibility index (Phi) is 5.92. The van der Waals surface area contributed by atoms with Gasteiger partial charge in [-0.3, -0.25) is 14.4 Å². The topological polar surface area (TPSA) is 95.5 Å². The van der Waals surface area contributed by atoms with Gasteiger partial charge in [0.1, 0.15) is 0 Å². The SMILES string of the molecule is O=C(O)CCC(=O)Nc1ccccc1C(=O)Nc1cccc(Cl)c1. The molecule has 0 radical (unpaired) electrons. The van der Waals surface area contributed by atoms with E-state index in [1.54, 1.807) is 48.5 Å². The number of halogens is 1. The van der Waals surface area contributed by atoms with Crippen LogP contribution in [0.3, 0.4) is 0 Å². The summed E-state index contributed by atoms with van der Waals surface area (Å²) in [5, 5.41) is 14.3. The molecule has 0 fully saturated rings. The Hall–Kier alpha value is -2.86. The monoisotopic (exact) mass is 346 g/mol. The number of carboxylic acids is 1. The first-order valence-electron chi connectivity index (χ1n) is 7.13. The van der Waals surface area contributed by atoms with Crippen LogP contribution in [0.5, 0.6) is 0 Å². The molecule has 3 N–H and O–H groups in total. The van der Waals surface area contributed by atoms with Crippen LogP contribution in [0.15, 0.2) is 48.5 Å².